The van der Waals surface area contributed by atoms with Gasteiger partial charge in [-0.3, -0.25) is 9.59 Å². The average Bonchev–Trinajstić information content (AvgIpc) is 2.92. The molecule has 0 atom stereocenters. The summed E-state index contributed by atoms with van der Waals surface area (Å²) in [7, 11) is 0. The second-order valence-corrected chi connectivity index (χ2v) is 5.83. The minimum atomic E-state index is -0.161. The van der Waals surface area contributed by atoms with Gasteiger partial charge in [-0.1, -0.05) is 50.2 Å². The van der Waals surface area contributed by atoms with Gasteiger partial charge in [-0.05, 0) is 6.07 Å². The molecule has 0 N–H and O–H groups in total. The molecule has 1 heterocycles. The molecule has 0 saturated carbocycles. The third-order valence-corrected chi connectivity index (χ3v) is 4.08. The van der Waals surface area contributed by atoms with Crippen molar-refractivity contribution >= 4 is 22.6 Å². The lowest BCUT2D eigenvalue weighted by molar-refractivity contribution is 0.0844. The van der Waals surface area contributed by atoms with Crippen LogP contribution >= 0.6 is 0 Å². The van der Waals surface area contributed by atoms with Gasteiger partial charge < -0.3 is 0 Å². The molecule has 1 aromatic heterocycles. The van der Waals surface area contributed by atoms with Gasteiger partial charge in [0, 0.05) is 28.0 Å². The van der Waals surface area contributed by atoms with Gasteiger partial charge in [0.25, 0.3) is 0 Å². The van der Waals surface area contributed by atoms with Gasteiger partial charge in [-0.25, -0.2) is 0 Å². The number of fused-ring (bicyclic) bond motifs is 2. The van der Waals surface area contributed by atoms with Crippen molar-refractivity contribution in [1.82, 2.24) is 9.78 Å². The Morgan fingerprint density at radius 1 is 1.00 bits per heavy atom. The SMILES string of the molecule is CC(C)C(=O)n1nc2c3c(cccc31)C(=O)c1ccccc1-2. The molecule has 1 aliphatic rings. The molecule has 3 aromatic rings. The molecule has 22 heavy (non-hydrogen) atoms. The van der Waals surface area contributed by atoms with E-state index in [2.05, 4.69) is 5.10 Å². The zero-order valence-electron chi connectivity index (χ0n) is 12.3. The summed E-state index contributed by atoms with van der Waals surface area (Å²) in [4.78, 5) is 25.1. The van der Waals surface area contributed by atoms with Gasteiger partial charge in [0.2, 0.25) is 5.91 Å². The second kappa shape index (κ2) is 4.37. The summed E-state index contributed by atoms with van der Waals surface area (Å²) in [5, 5.41) is 5.31. The van der Waals surface area contributed by atoms with Gasteiger partial charge in [0.15, 0.2) is 5.78 Å². The van der Waals surface area contributed by atoms with E-state index in [1.807, 2.05) is 44.2 Å². The summed E-state index contributed by atoms with van der Waals surface area (Å²) < 4.78 is 1.44. The van der Waals surface area contributed by atoms with Crippen molar-refractivity contribution in [3.8, 4) is 11.3 Å². The minimum Gasteiger partial charge on any atom is -0.289 e. The van der Waals surface area contributed by atoms with E-state index in [1.54, 1.807) is 12.1 Å². The highest BCUT2D eigenvalue weighted by atomic mass is 16.2. The summed E-state index contributed by atoms with van der Waals surface area (Å²) in [5.74, 6) is -0.239. The van der Waals surface area contributed by atoms with Crippen molar-refractivity contribution in [2.45, 2.75) is 13.8 Å². The van der Waals surface area contributed by atoms with Crippen molar-refractivity contribution < 1.29 is 9.59 Å². The van der Waals surface area contributed by atoms with Crippen LogP contribution in [0.1, 0.15) is 34.6 Å². The Balaban J connectivity index is 2.14. The number of carbonyl (C=O) groups excluding carboxylic acids is 2. The highest BCUT2D eigenvalue weighted by Crippen LogP contribution is 2.38. The van der Waals surface area contributed by atoms with Gasteiger partial charge in [0.05, 0.1) is 5.52 Å². The molecular weight excluding hydrogens is 276 g/mol. The van der Waals surface area contributed by atoms with Crippen molar-refractivity contribution in [2.24, 2.45) is 5.92 Å². The number of ketones is 1. The molecular formula is C18H14N2O2. The lowest BCUT2D eigenvalue weighted by atomic mass is 9.87. The molecule has 4 rings (SSSR count). The van der Waals surface area contributed by atoms with Crippen LogP contribution < -0.4 is 0 Å². The van der Waals surface area contributed by atoms with Crippen LogP contribution in [0.3, 0.4) is 0 Å². The zero-order valence-corrected chi connectivity index (χ0v) is 12.3. The van der Waals surface area contributed by atoms with Gasteiger partial charge in [-0.15, -0.1) is 0 Å². The predicted molar refractivity (Wildman–Crippen MR) is 84.1 cm³/mol. The normalized spacial score (nSPS) is 12.8. The molecule has 0 spiro atoms. The number of carbonyl (C=O) groups is 2. The minimum absolute atomic E-state index is 0.00903. The Kier molecular flexibility index (Phi) is 2.57. The lowest BCUT2D eigenvalue weighted by Gasteiger charge is -2.13. The highest BCUT2D eigenvalue weighted by molar-refractivity contribution is 6.25. The molecule has 0 unspecified atom stereocenters. The number of hydrogen-bond acceptors (Lipinski definition) is 3. The molecule has 0 amide bonds. The molecule has 4 heteroatoms. The fraction of sp³-hybridized carbons (Fsp3) is 0.167. The number of rotatable bonds is 1. The second-order valence-electron chi connectivity index (χ2n) is 5.83. The highest BCUT2D eigenvalue weighted by Gasteiger charge is 2.29. The summed E-state index contributed by atoms with van der Waals surface area (Å²) in [6, 6.07) is 12.9. The smallest absolute Gasteiger partial charge is 0.249 e. The number of aromatic nitrogens is 2. The van der Waals surface area contributed by atoms with Crippen LogP contribution in [-0.4, -0.2) is 21.5 Å². The van der Waals surface area contributed by atoms with E-state index < -0.39 is 0 Å². The molecule has 0 saturated heterocycles. The number of hydrogen-bond donors (Lipinski definition) is 0. The van der Waals surface area contributed by atoms with Crippen molar-refractivity contribution in [3.05, 3.63) is 53.6 Å². The summed E-state index contributed by atoms with van der Waals surface area (Å²) in [6.45, 7) is 3.69. The van der Waals surface area contributed by atoms with Crippen LogP contribution in [0.4, 0.5) is 0 Å². The van der Waals surface area contributed by atoms with Crippen LogP contribution in [0.15, 0.2) is 42.5 Å². The van der Waals surface area contributed by atoms with E-state index in [0.29, 0.717) is 16.6 Å². The third kappa shape index (κ3) is 1.55. The lowest BCUT2D eigenvalue weighted by Crippen LogP contribution is -2.18. The van der Waals surface area contributed by atoms with E-state index in [9.17, 15) is 9.59 Å². The van der Waals surface area contributed by atoms with Crippen LogP contribution in [0, 0.1) is 5.92 Å². The first-order chi connectivity index (χ1) is 10.6. The maximum atomic E-state index is 12.7. The first kappa shape index (κ1) is 13.0. The summed E-state index contributed by atoms with van der Waals surface area (Å²) in [6.07, 6.45) is 0. The Labute approximate surface area is 127 Å². The monoisotopic (exact) mass is 290 g/mol. The van der Waals surface area contributed by atoms with Crippen LogP contribution in [0.25, 0.3) is 22.2 Å². The fourth-order valence-corrected chi connectivity index (χ4v) is 2.99. The van der Waals surface area contributed by atoms with Crippen LogP contribution in [0.2, 0.25) is 0 Å². The Morgan fingerprint density at radius 3 is 2.41 bits per heavy atom. The van der Waals surface area contributed by atoms with Crippen molar-refractivity contribution in [3.63, 3.8) is 0 Å². The van der Waals surface area contributed by atoms with E-state index in [0.717, 1.165) is 16.6 Å². The quantitative estimate of drug-likeness (QED) is 0.538. The standard InChI is InChI=1S/C18H14N2O2/c1-10(2)18(22)20-14-9-5-8-13-15(14)16(19-20)11-6-3-4-7-12(11)17(13)21/h3-10H,1-2H3. The van der Waals surface area contributed by atoms with Crippen molar-refractivity contribution in [2.75, 3.05) is 0 Å². The van der Waals surface area contributed by atoms with Crippen LogP contribution in [0.5, 0.6) is 0 Å². The Bertz CT molecular complexity index is 951. The molecule has 1 aliphatic carbocycles. The number of nitrogens with zero attached hydrogens (tertiary/aromatic N) is 2. The van der Waals surface area contributed by atoms with E-state index in [4.69, 9.17) is 0 Å². The molecule has 4 nitrogen and oxygen atoms in total. The molecule has 2 aromatic carbocycles. The maximum absolute atomic E-state index is 12.7. The molecule has 0 radical (unpaired) electrons. The van der Waals surface area contributed by atoms with E-state index in [1.165, 1.54) is 4.68 Å². The summed E-state index contributed by atoms with van der Waals surface area (Å²) in [5.41, 5.74) is 3.48. The average molecular weight is 290 g/mol. The van der Waals surface area contributed by atoms with Gasteiger partial charge >= 0.3 is 0 Å². The predicted octanol–water partition coefficient (Wildman–Crippen LogP) is 3.54. The molecule has 0 aliphatic heterocycles. The first-order valence-electron chi connectivity index (χ1n) is 7.29. The Morgan fingerprint density at radius 2 is 1.68 bits per heavy atom. The third-order valence-electron chi connectivity index (χ3n) is 4.08. The molecule has 0 bridgehead atoms. The van der Waals surface area contributed by atoms with Gasteiger partial charge in [0.1, 0.15) is 5.69 Å². The number of benzene rings is 2. The molecule has 108 valence electrons. The van der Waals surface area contributed by atoms with E-state index >= 15 is 0 Å². The maximum Gasteiger partial charge on any atom is 0.249 e. The topological polar surface area (TPSA) is 52.0 Å². The molecule has 0 fully saturated rings. The van der Waals surface area contributed by atoms with Crippen molar-refractivity contribution in [1.29, 1.82) is 0 Å². The van der Waals surface area contributed by atoms with Crippen LogP contribution in [-0.2, 0) is 0 Å². The Hall–Kier alpha value is -2.75. The fourth-order valence-electron chi connectivity index (χ4n) is 2.99. The largest absolute Gasteiger partial charge is 0.289 e. The summed E-state index contributed by atoms with van der Waals surface area (Å²) >= 11 is 0. The zero-order chi connectivity index (χ0) is 15.4. The first-order valence-corrected chi connectivity index (χ1v) is 7.29. The van der Waals surface area contributed by atoms with Gasteiger partial charge in [-0.2, -0.15) is 9.78 Å². The van der Waals surface area contributed by atoms with E-state index in [-0.39, 0.29) is 17.6 Å².